The number of hydrogen-bond acceptors (Lipinski definition) is 4. The van der Waals surface area contributed by atoms with E-state index in [4.69, 9.17) is 4.74 Å². The van der Waals surface area contributed by atoms with E-state index in [-0.39, 0.29) is 31.1 Å². The Kier molecular flexibility index (Phi) is 5.52. The number of rotatable bonds is 4. The number of aromatic nitrogens is 2. The average molecular weight is 376 g/mol. The number of fused-ring (bicyclic) bond motifs is 1. The lowest BCUT2D eigenvalue weighted by atomic mass is 10.0. The van der Waals surface area contributed by atoms with E-state index in [2.05, 4.69) is 10.3 Å². The molecule has 0 spiro atoms. The molecule has 1 N–H and O–H groups in total. The number of nitrogens with one attached hydrogen (secondary N) is 1. The van der Waals surface area contributed by atoms with E-state index in [9.17, 15) is 22.8 Å². The van der Waals surface area contributed by atoms with Crippen LogP contribution in [0.2, 0.25) is 0 Å². The minimum atomic E-state index is -4.66. The summed E-state index contributed by atoms with van der Waals surface area (Å²) in [6.45, 7) is 6.57. The van der Waals surface area contributed by atoms with Crippen molar-refractivity contribution in [2.24, 2.45) is 0 Å². The summed E-state index contributed by atoms with van der Waals surface area (Å²) in [7, 11) is 0. The third kappa shape index (κ3) is 4.47. The first kappa shape index (κ1) is 20.1. The lowest BCUT2D eigenvalue weighted by Gasteiger charge is -2.32. The first-order valence-electron chi connectivity index (χ1n) is 8.36. The van der Waals surface area contributed by atoms with Crippen LogP contribution in [-0.2, 0) is 28.8 Å². The quantitative estimate of drug-likeness (QED) is 0.874. The van der Waals surface area contributed by atoms with Crippen molar-refractivity contribution in [1.29, 1.82) is 0 Å². The molecule has 26 heavy (non-hydrogen) atoms. The maximum Gasteiger partial charge on any atom is 0.449 e. The van der Waals surface area contributed by atoms with Gasteiger partial charge in [-0.2, -0.15) is 13.2 Å². The predicted octanol–water partition coefficient (Wildman–Crippen LogP) is 3.39. The van der Waals surface area contributed by atoms with Gasteiger partial charge in [0.25, 0.3) is 0 Å². The molecule has 0 aromatic carbocycles. The molecule has 7 nitrogen and oxygen atoms in total. The first-order chi connectivity index (χ1) is 11.9. The van der Waals surface area contributed by atoms with Crippen LogP contribution in [0.15, 0.2) is 0 Å². The molecule has 2 amide bonds. The van der Waals surface area contributed by atoms with Crippen LogP contribution in [0.25, 0.3) is 0 Å². The fraction of sp³-hybridized carbons (Fsp3) is 0.688. The van der Waals surface area contributed by atoms with Gasteiger partial charge in [-0.25, -0.2) is 9.78 Å². The second-order valence-corrected chi connectivity index (χ2v) is 6.86. The molecule has 146 valence electrons. The number of carbonyl (C=O) groups is 2. The summed E-state index contributed by atoms with van der Waals surface area (Å²) in [4.78, 5) is 28.5. The lowest BCUT2D eigenvalue weighted by Crippen LogP contribution is -2.42. The molecule has 0 aliphatic carbocycles. The standard InChI is InChI=1S/C16H23F3N4O3/c1-5-6-15(3,4)26-14(25)22-7-8-23-11(9-22)12(20-10(2)24)21-13(23)16(17,18)19/h5-9H2,1-4H3,(H,20,24). The Hall–Kier alpha value is -2.26. The van der Waals surface area contributed by atoms with Crippen LogP contribution in [-0.4, -0.2) is 38.6 Å². The molecule has 1 aromatic rings. The Morgan fingerprint density at radius 1 is 1.27 bits per heavy atom. The van der Waals surface area contributed by atoms with Crippen molar-refractivity contribution in [3.05, 3.63) is 11.5 Å². The number of imidazole rings is 1. The summed E-state index contributed by atoms with van der Waals surface area (Å²) in [5, 5.41) is 2.30. The Labute approximate surface area is 149 Å². The zero-order valence-electron chi connectivity index (χ0n) is 15.2. The number of amides is 2. The van der Waals surface area contributed by atoms with Gasteiger partial charge in [0, 0.05) is 20.0 Å². The minimum Gasteiger partial charge on any atom is -0.443 e. The number of nitrogens with zero attached hydrogens (tertiary/aromatic N) is 3. The molecule has 1 aliphatic heterocycles. The van der Waals surface area contributed by atoms with E-state index < -0.39 is 29.6 Å². The molecule has 0 bridgehead atoms. The number of halogens is 3. The number of anilines is 1. The Bertz CT molecular complexity index is 698. The van der Waals surface area contributed by atoms with Gasteiger partial charge >= 0.3 is 12.3 Å². The van der Waals surface area contributed by atoms with Gasteiger partial charge in [0.2, 0.25) is 11.7 Å². The van der Waals surface area contributed by atoms with E-state index in [1.807, 2.05) is 6.92 Å². The minimum absolute atomic E-state index is 0.0625. The molecule has 0 saturated heterocycles. The molecule has 2 heterocycles. The zero-order valence-corrected chi connectivity index (χ0v) is 15.2. The summed E-state index contributed by atoms with van der Waals surface area (Å²) in [5.41, 5.74) is -0.537. The molecule has 0 fully saturated rings. The predicted molar refractivity (Wildman–Crippen MR) is 87.4 cm³/mol. The zero-order chi connectivity index (χ0) is 19.7. The molecule has 0 atom stereocenters. The van der Waals surface area contributed by atoms with Gasteiger partial charge in [0.15, 0.2) is 5.82 Å². The normalized spacial score (nSPS) is 14.8. The van der Waals surface area contributed by atoms with Gasteiger partial charge < -0.3 is 19.5 Å². The fourth-order valence-electron chi connectivity index (χ4n) is 2.96. The van der Waals surface area contributed by atoms with Crippen molar-refractivity contribution in [1.82, 2.24) is 14.5 Å². The summed E-state index contributed by atoms with van der Waals surface area (Å²) in [6.07, 6.45) is -3.76. The highest BCUT2D eigenvalue weighted by molar-refractivity contribution is 5.88. The summed E-state index contributed by atoms with van der Waals surface area (Å²) in [5.74, 6) is -1.81. The number of ether oxygens (including phenoxy) is 1. The van der Waals surface area contributed by atoms with Crippen LogP contribution in [0.4, 0.5) is 23.8 Å². The van der Waals surface area contributed by atoms with Crippen LogP contribution in [0, 0.1) is 0 Å². The lowest BCUT2D eigenvalue weighted by molar-refractivity contribution is -0.147. The van der Waals surface area contributed by atoms with Crippen molar-refractivity contribution < 1.29 is 27.5 Å². The molecule has 0 unspecified atom stereocenters. The average Bonchev–Trinajstić information content (AvgIpc) is 2.84. The van der Waals surface area contributed by atoms with Gasteiger partial charge in [-0.1, -0.05) is 13.3 Å². The number of carbonyl (C=O) groups excluding carboxylic acids is 2. The van der Waals surface area contributed by atoms with Crippen LogP contribution < -0.4 is 5.32 Å². The molecule has 10 heteroatoms. The fourth-order valence-corrected chi connectivity index (χ4v) is 2.96. The molecule has 0 radical (unpaired) electrons. The highest BCUT2D eigenvalue weighted by Crippen LogP contribution is 2.34. The molecular weight excluding hydrogens is 353 g/mol. The molecule has 1 aliphatic rings. The van der Waals surface area contributed by atoms with Gasteiger partial charge in [-0.15, -0.1) is 0 Å². The second-order valence-electron chi connectivity index (χ2n) is 6.86. The summed E-state index contributed by atoms with van der Waals surface area (Å²) < 4.78 is 46.0. The van der Waals surface area contributed by atoms with Crippen molar-refractivity contribution in [2.75, 3.05) is 11.9 Å². The maximum atomic E-state index is 13.2. The van der Waals surface area contributed by atoms with E-state index in [0.29, 0.717) is 6.42 Å². The van der Waals surface area contributed by atoms with E-state index in [1.54, 1.807) is 13.8 Å². The molecule has 2 rings (SSSR count). The largest absolute Gasteiger partial charge is 0.449 e. The van der Waals surface area contributed by atoms with Gasteiger partial charge in [-0.05, 0) is 20.3 Å². The van der Waals surface area contributed by atoms with E-state index >= 15 is 0 Å². The van der Waals surface area contributed by atoms with Gasteiger partial charge in [0.1, 0.15) is 5.60 Å². The summed E-state index contributed by atoms with van der Waals surface area (Å²) in [6, 6.07) is 0. The van der Waals surface area contributed by atoms with Crippen molar-refractivity contribution in [3.8, 4) is 0 Å². The smallest absolute Gasteiger partial charge is 0.443 e. The van der Waals surface area contributed by atoms with Crippen LogP contribution in [0.1, 0.15) is 52.1 Å². The Morgan fingerprint density at radius 2 is 1.92 bits per heavy atom. The van der Waals surface area contributed by atoms with Gasteiger partial charge in [0.05, 0.1) is 12.2 Å². The third-order valence-electron chi connectivity index (χ3n) is 4.03. The maximum absolute atomic E-state index is 13.2. The molecule has 0 saturated carbocycles. The second kappa shape index (κ2) is 7.16. The van der Waals surface area contributed by atoms with Crippen molar-refractivity contribution >= 4 is 17.8 Å². The number of hydrogen-bond donors (Lipinski definition) is 1. The van der Waals surface area contributed by atoms with Crippen LogP contribution in [0.5, 0.6) is 0 Å². The number of alkyl halides is 3. The Morgan fingerprint density at radius 3 is 2.46 bits per heavy atom. The van der Waals surface area contributed by atoms with Crippen molar-refractivity contribution in [3.63, 3.8) is 0 Å². The van der Waals surface area contributed by atoms with Crippen molar-refractivity contribution in [2.45, 2.75) is 65.4 Å². The highest BCUT2D eigenvalue weighted by atomic mass is 19.4. The monoisotopic (exact) mass is 376 g/mol. The van der Waals surface area contributed by atoms with E-state index in [1.165, 1.54) is 11.8 Å². The topological polar surface area (TPSA) is 76.5 Å². The van der Waals surface area contributed by atoms with Gasteiger partial charge in [-0.3, -0.25) is 4.79 Å². The Balaban J connectivity index is 2.27. The third-order valence-corrected chi connectivity index (χ3v) is 4.03. The molecular formula is C16H23F3N4O3. The summed E-state index contributed by atoms with van der Waals surface area (Å²) >= 11 is 0. The van der Waals surface area contributed by atoms with E-state index in [0.717, 1.165) is 11.0 Å². The first-order valence-corrected chi connectivity index (χ1v) is 8.36. The SMILES string of the molecule is CCCC(C)(C)OC(=O)N1CCn2c(C(F)(F)F)nc(NC(C)=O)c2C1. The molecule has 1 aromatic heterocycles. The highest BCUT2D eigenvalue weighted by Gasteiger charge is 2.41. The van der Waals surface area contributed by atoms with Crippen LogP contribution >= 0.6 is 0 Å². The van der Waals surface area contributed by atoms with Crippen LogP contribution in [0.3, 0.4) is 0 Å².